The first-order chi connectivity index (χ1) is 12.1. The number of likely N-dealkylation sites (tertiary alicyclic amines) is 1. The van der Waals surface area contributed by atoms with Crippen molar-refractivity contribution in [3.63, 3.8) is 0 Å². The lowest BCUT2D eigenvalue weighted by atomic mass is 10.2. The number of benzene rings is 1. The second kappa shape index (κ2) is 7.74. The SMILES string of the molecule is O=C(NCc1ccccn1)N[C@H]1CCN(Cc2ccc(F)cc2)C1=O. The molecular weight excluding hydrogens is 323 g/mol. The van der Waals surface area contributed by atoms with Gasteiger partial charge >= 0.3 is 6.03 Å². The number of nitrogens with zero attached hydrogens (tertiary/aromatic N) is 2. The van der Waals surface area contributed by atoms with Crippen LogP contribution in [0.25, 0.3) is 0 Å². The summed E-state index contributed by atoms with van der Waals surface area (Å²) in [6.45, 7) is 1.27. The van der Waals surface area contributed by atoms with E-state index in [1.807, 2.05) is 12.1 Å². The number of hydrogen-bond donors (Lipinski definition) is 2. The van der Waals surface area contributed by atoms with Gasteiger partial charge in [-0.3, -0.25) is 9.78 Å². The molecule has 0 aliphatic carbocycles. The van der Waals surface area contributed by atoms with Crippen LogP contribution in [0.2, 0.25) is 0 Å². The van der Waals surface area contributed by atoms with Gasteiger partial charge in [0.15, 0.2) is 0 Å². The number of aromatic nitrogens is 1. The lowest BCUT2D eigenvalue weighted by Crippen LogP contribution is -2.45. The number of amides is 3. The fraction of sp³-hybridized carbons (Fsp3) is 0.278. The third kappa shape index (κ3) is 4.53. The van der Waals surface area contributed by atoms with Gasteiger partial charge in [0.1, 0.15) is 11.9 Å². The van der Waals surface area contributed by atoms with E-state index in [0.29, 0.717) is 26.1 Å². The van der Waals surface area contributed by atoms with Crippen molar-refractivity contribution in [3.8, 4) is 0 Å². The first-order valence-electron chi connectivity index (χ1n) is 8.09. The third-order valence-corrected chi connectivity index (χ3v) is 4.05. The van der Waals surface area contributed by atoms with Crippen molar-refractivity contribution in [2.75, 3.05) is 6.54 Å². The Balaban J connectivity index is 1.48. The van der Waals surface area contributed by atoms with Crippen LogP contribution in [0.15, 0.2) is 48.7 Å². The van der Waals surface area contributed by atoms with Crippen LogP contribution in [0.1, 0.15) is 17.7 Å². The Labute approximate surface area is 145 Å². The molecule has 2 N–H and O–H groups in total. The van der Waals surface area contributed by atoms with E-state index in [-0.39, 0.29) is 11.7 Å². The largest absolute Gasteiger partial charge is 0.336 e. The predicted octanol–water partition coefficient (Wildman–Crippen LogP) is 1.82. The molecule has 6 nitrogen and oxygen atoms in total. The normalized spacial score (nSPS) is 16.8. The van der Waals surface area contributed by atoms with Crippen molar-refractivity contribution in [2.24, 2.45) is 0 Å². The van der Waals surface area contributed by atoms with Gasteiger partial charge in [0.05, 0.1) is 12.2 Å². The molecule has 3 amide bonds. The quantitative estimate of drug-likeness (QED) is 0.870. The maximum absolute atomic E-state index is 12.9. The Morgan fingerprint density at radius 3 is 2.76 bits per heavy atom. The number of carbonyl (C=O) groups is 2. The summed E-state index contributed by atoms with van der Waals surface area (Å²) in [6, 6.07) is 10.6. The molecule has 7 heteroatoms. The highest BCUT2D eigenvalue weighted by molar-refractivity contribution is 5.88. The highest BCUT2D eigenvalue weighted by Gasteiger charge is 2.32. The van der Waals surface area contributed by atoms with Crippen molar-refractivity contribution in [1.82, 2.24) is 20.5 Å². The van der Waals surface area contributed by atoms with Crippen LogP contribution >= 0.6 is 0 Å². The Hall–Kier alpha value is -2.96. The molecule has 0 bridgehead atoms. The van der Waals surface area contributed by atoms with Gasteiger partial charge in [0, 0.05) is 19.3 Å². The van der Waals surface area contributed by atoms with Gasteiger partial charge in [0.2, 0.25) is 5.91 Å². The van der Waals surface area contributed by atoms with Gasteiger partial charge in [-0.2, -0.15) is 0 Å². The first kappa shape index (κ1) is 16.9. The number of halogens is 1. The Bertz CT molecular complexity index is 737. The number of nitrogens with one attached hydrogen (secondary N) is 2. The minimum absolute atomic E-state index is 0.127. The molecule has 3 rings (SSSR count). The van der Waals surface area contributed by atoms with E-state index in [1.54, 1.807) is 29.3 Å². The second-order valence-corrected chi connectivity index (χ2v) is 5.88. The fourth-order valence-corrected chi connectivity index (χ4v) is 2.72. The molecule has 0 radical (unpaired) electrons. The summed E-state index contributed by atoms with van der Waals surface area (Å²) in [5.74, 6) is -0.432. The Morgan fingerprint density at radius 2 is 2.04 bits per heavy atom. The van der Waals surface area contributed by atoms with Crippen molar-refractivity contribution in [3.05, 3.63) is 65.7 Å². The first-order valence-corrected chi connectivity index (χ1v) is 8.09. The Morgan fingerprint density at radius 1 is 1.24 bits per heavy atom. The maximum atomic E-state index is 12.9. The molecule has 2 aromatic rings. The zero-order valence-electron chi connectivity index (χ0n) is 13.6. The van der Waals surface area contributed by atoms with E-state index < -0.39 is 12.1 Å². The summed E-state index contributed by atoms with van der Waals surface area (Å²) in [6.07, 6.45) is 2.21. The van der Waals surface area contributed by atoms with E-state index in [4.69, 9.17) is 0 Å². The van der Waals surface area contributed by atoms with Crippen LogP contribution < -0.4 is 10.6 Å². The predicted molar refractivity (Wildman–Crippen MR) is 89.8 cm³/mol. The van der Waals surface area contributed by atoms with Crippen LogP contribution in [0.5, 0.6) is 0 Å². The van der Waals surface area contributed by atoms with Gasteiger partial charge in [0.25, 0.3) is 0 Å². The molecular formula is C18H19FN4O2. The summed E-state index contributed by atoms with van der Waals surface area (Å²) in [4.78, 5) is 30.1. The summed E-state index contributed by atoms with van der Waals surface area (Å²) in [5.41, 5.74) is 1.60. The van der Waals surface area contributed by atoms with Crippen LogP contribution in [0.3, 0.4) is 0 Å². The third-order valence-electron chi connectivity index (χ3n) is 4.05. The summed E-state index contributed by atoms with van der Waals surface area (Å²) >= 11 is 0. The van der Waals surface area contributed by atoms with E-state index in [2.05, 4.69) is 15.6 Å². The van der Waals surface area contributed by atoms with E-state index in [9.17, 15) is 14.0 Å². The molecule has 1 aliphatic rings. The van der Waals surface area contributed by atoms with Crippen molar-refractivity contribution < 1.29 is 14.0 Å². The monoisotopic (exact) mass is 342 g/mol. The van der Waals surface area contributed by atoms with E-state index in [0.717, 1.165) is 11.3 Å². The molecule has 0 saturated carbocycles. The smallest absolute Gasteiger partial charge is 0.315 e. The Kier molecular flexibility index (Phi) is 5.23. The molecule has 0 spiro atoms. The molecule has 1 aromatic heterocycles. The summed E-state index contributed by atoms with van der Waals surface area (Å²) in [5, 5.41) is 5.39. The zero-order valence-corrected chi connectivity index (χ0v) is 13.6. The summed E-state index contributed by atoms with van der Waals surface area (Å²) < 4.78 is 12.9. The molecule has 2 heterocycles. The van der Waals surface area contributed by atoms with Gasteiger partial charge in [-0.25, -0.2) is 9.18 Å². The fourth-order valence-electron chi connectivity index (χ4n) is 2.72. The zero-order chi connectivity index (χ0) is 17.6. The van der Waals surface area contributed by atoms with Crippen molar-refractivity contribution in [1.29, 1.82) is 0 Å². The van der Waals surface area contributed by atoms with Crippen molar-refractivity contribution in [2.45, 2.75) is 25.6 Å². The maximum Gasteiger partial charge on any atom is 0.315 e. The number of carbonyl (C=O) groups excluding carboxylic acids is 2. The summed E-state index contributed by atoms with van der Waals surface area (Å²) in [7, 11) is 0. The average Bonchev–Trinajstić information content (AvgIpc) is 2.96. The lowest BCUT2D eigenvalue weighted by molar-refractivity contribution is -0.129. The van der Waals surface area contributed by atoms with Crippen LogP contribution in [0, 0.1) is 5.82 Å². The number of hydrogen-bond acceptors (Lipinski definition) is 3. The lowest BCUT2D eigenvalue weighted by Gasteiger charge is -2.17. The molecule has 0 unspecified atom stereocenters. The number of urea groups is 1. The standard InChI is InChI=1S/C18H19FN4O2/c19-14-6-4-13(5-7-14)12-23-10-8-16(17(23)24)22-18(25)21-11-15-3-1-2-9-20-15/h1-7,9,16H,8,10-12H2,(H2,21,22,25)/t16-/m0/s1. The van der Waals surface area contributed by atoms with Crippen LogP contribution in [-0.4, -0.2) is 34.4 Å². The number of rotatable bonds is 5. The minimum Gasteiger partial charge on any atom is -0.336 e. The molecule has 1 aromatic carbocycles. The van der Waals surface area contributed by atoms with Crippen LogP contribution in [0.4, 0.5) is 9.18 Å². The van der Waals surface area contributed by atoms with Gasteiger partial charge < -0.3 is 15.5 Å². The van der Waals surface area contributed by atoms with Gasteiger partial charge in [-0.05, 0) is 36.2 Å². The molecule has 25 heavy (non-hydrogen) atoms. The molecule has 1 atom stereocenters. The minimum atomic E-state index is -0.538. The highest BCUT2D eigenvalue weighted by atomic mass is 19.1. The van der Waals surface area contributed by atoms with Gasteiger partial charge in [-0.1, -0.05) is 18.2 Å². The molecule has 1 fully saturated rings. The molecule has 1 saturated heterocycles. The molecule has 130 valence electrons. The van der Waals surface area contributed by atoms with Gasteiger partial charge in [-0.15, -0.1) is 0 Å². The van der Waals surface area contributed by atoms with E-state index in [1.165, 1.54) is 12.1 Å². The average molecular weight is 342 g/mol. The molecule has 1 aliphatic heterocycles. The van der Waals surface area contributed by atoms with Crippen molar-refractivity contribution >= 4 is 11.9 Å². The highest BCUT2D eigenvalue weighted by Crippen LogP contribution is 2.15. The number of pyridine rings is 1. The second-order valence-electron chi connectivity index (χ2n) is 5.88. The van der Waals surface area contributed by atoms with Crippen LogP contribution in [-0.2, 0) is 17.9 Å². The van der Waals surface area contributed by atoms with E-state index >= 15 is 0 Å². The topological polar surface area (TPSA) is 74.3 Å².